The highest BCUT2D eigenvalue weighted by Crippen LogP contribution is 2.19. The van der Waals surface area contributed by atoms with Crippen LogP contribution in [0.3, 0.4) is 0 Å². The van der Waals surface area contributed by atoms with E-state index in [1.54, 1.807) is 11.3 Å². The SMILES string of the molecule is Cc1nc2sc(C)c(C)n2c(=O)c1N. The number of nitrogen functional groups attached to an aromatic ring is 1. The van der Waals surface area contributed by atoms with Gasteiger partial charge in [-0.25, -0.2) is 4.98 Å². The fraction of sp³-hybridized carbons (Fsp3) is 0.333. The molecule has 74 valence electrons. The maximum absolute atomic E-state index is 11.8. The molecule has 2 aromatic rings. The molecule has 0 amide bonds. The van der Waals surface area contributed by atoms with Gasteiger partial charge in [-0.05, 0) is 20.8 Å². The average Bonchev–Trinajstić information content (AvgIpc) is 2.39. The molecule has 0 aliphatic carbocycles. The van der Waals surface area contributed by atoms with Gasteiger partial charge in [0.2, 0.25) is 0 Å². The summed E-state index contributed by atoms with van der Waals surface area (Å²) in [5, 5.41) is 0. The summed E-state index contributed by atoms with van der Waals surface area (Å²) in [6, 6.07) is 0. The van der Waals surface area contributed by atoms with Gasteiger partial charge in [-0.15, -0.1) is 11.3 Å². The number of aromatic nitrogens is 2. The molecule has 2 rings (SSSR count). The molecule has 0 radical (unpaired) electrons. The van der Waals surface area contributed by atoms with E-state index < -0.39 is 0 Å². The lowest BCUT2D eigenvalue weighted by molar-refractivity contribution is 1.000. The van der Waals surface area contributed by atoms with Crippen LogP contribution in [0.4, 0.5) is 5.69 Å². The van der Waals surface area contributed by atoms with E-state index in [1.165, 1.54) is 11.3 Å². The number of rotatable bonds is 0. The Morgan fingerprint density at radius 2 is 2.00 bits per heavy atom. The van der Waals surface area contributed by atoms with E-state index in [0.717, 1.165) is 15.5 Å². The van der Waals surface area contributed by atoms with Gasteiger partial charge in [0.05, 0.1) is 5.69 Å². The van der Waals surface area contributed by atoms with Crippen LogP contribution in [0.5, 0.6) is 0 Å². The Morgan fingerprint density at radius 1 is 1.36 bits per heavy atom. The molecule has 4 nitrogen and oxygen atoms in total. The highest BCUT2D eigenvalue weighted by molar-refractivity contribution is 7.17. The van der Waals surface area contributed by atoms with Crippen LogP contribution in [0.2, 0.25) is 0 Å². The maximum Gasteiger partial charge on any atom is 0.282 e. The molecule has 0 saturated heterocycles. The Labute approximate surface area is 85.0 Å². The first-order valence-corrected chi connectivity index (χ1v) is 5.09. The number of nitrogens with zero attached hydrogens (tertiary/aromatic N) is 2. The summed E-state index contributed by atoms with van der Waals surface area (Å²) in [5.41, 5.74) is 7.25. The summed E-state index contributed by atoms with van der Waals surface area (Å²) in [6.45, 7) is 5.62. The smallest absolute Gasteiger partial charge is 0.282 e. The number of anilines is 1. The first-order valence-electron chi connectivity index (χ1n) is 4.27. The molecule has 2 heterocycles. The lowest BCUT2D eigenvalue weighted by atomic mass is 10.3. The number of hydrogen-bond donors (Lipinski definition) is 1. The molecule has 5 heteroatoms. The third kappa shape index (κ3) is 1.05. The van der Waals surface area contributed by atoms with Gasteiger partial charge >= 0.3 is 0 Å². The van der Waals surface area contributed by atoms with Crippen molar-refractivity contribution in [3.63, 3.8) is 0 Å². The van der Waals surface area contributed by atoms with Crippen LogP contribution < -0.4 is 11.3 Å². The molecule has 0 spiro atoms. The fourth-order valence-corrected chi connectivity index (χ4v) is 2.35. The predicted molar refractivity (Wildman–Crippen MR) is 58.0 cm³/mol. The molecule has 0 atom stereocenters. The zero-order valence-corrected chi connectivity index (χ0v) is 9.10. The van der Waals surface area contributed by atoms with Crippen molar-refractivity contribution in [2.75, 3.05) is 5.73 Å². The zero-order valence-electron chi connectivity index (χ0n) is 8.29. The summed E-state index contributed by atoms with van der Waals surface area (Å²) < 4.78 is 1.57. The van der Waals surface area contributed by atoms with E-state index in [0.29, 0.717) is 5.69 Å². The first kappa shape index (κ1) is 9.21. The van der Waals surface area contributed by atoms with Crippen molar-refractivity contribution in [1.82, 2.24) is 9.38 Å². The van der Waals surface area contributed by atoms with Crippen molar-refractivity contribution in [2.45, 2.75) is 20.8 Å². The summed E-state index contributed by atoms with van der Waals surface area (Å²) in [4.78, 5) is 17.9. The minimum atomic E-state index is -0.158. The lowest BCUT2D eigenvalue weighted by Gasteiger charge is -2.00. The van der Waals surface area contributed by atoms with Gasteiger partial charge in [-0.3, -0.25) is 9.20 Å². The van der Waals surface area contributed by atoms with Gasteiger partial charge in [0.25, 0.3) is 5.56 Å². The molecular formula is C9H11N3OS. The Bertz CT molecular complexity index is 567. The minimum absolute atomic E-state index is 0.158. The highest BCUT2D eigenvalue weighted by atomic mass is 32.1. The fourth-order valence-electron chi connectivity index (χ4n) is 1.35. The van der Waals surface area contributed by atoms with E-state index in [9.17, 15) is 4.79 Å². The van der Waals surface area contributed by atoms with Gasteiger partial charge in [0.1, 0.15) is 5.69 Å². The van der Waals surface area contributed by atoms with Crippen molar-refractivity contribution in [1.29, 1.82) is 0 Å². The van der Waals surface area contributed by atoms with Crippen LogP contribution in [0.15, 0.2) is 4.79 Å². The Kier molecular flexibility index (Phi) is 1.85. The van der Waals surface area contributed by atoms with Crippen LogP contribution in [0.25, 0.3) is 4.96 Å². The third-order valence-corrected chi connectivity index (χ3v) is 3.43. The van der Waals surface area contributed by atoms with Crippen molar-refractivity contribution in [3.8, 4) is 0 Å². The van der Waals surface area contributed by atoms with E-state index in [1.807, 2.05) is 13.8 Å². The number of hydrogen-bond acceptors (Lipinski definition) is 4. The predicted octanol–water partition coefficient (Wildman–Crippen LogP) is 1.26. The van der Waals surface area contributed by atoms with Crippen LogP contribution >= 0.6 is 11.3 Å². The molecule has 0 saturated carbocycles. The zero-order chi connectivity index (χ0) is 10.5. The third-order valence-electron chi connectivity index (χ3n) is 2.37. The molecule has 0 aliphatic heterocycles. The van der Waals surface area contributed by atoms with Crippen LogP contribution in [-0.2, 0) is 0 Å². The number of aryl methyl sites for hydroxylation is 3. The van der Waals surface area contributed by atoms with Gasteiger partial charge in [0.15, 0.2) is 4.96 Å². The second kappa shape index (κ2) is 2.81. The van der Waals surface area contributed by atoms with Crippen molar-refractivity contribution in [2.24, 2.45) is 0 Å². The molecule has 0 aliphatic rings. The average molecular weight is 209 g/mol. The number of thiazole rings is 1. The largest absolute Gasteiger partial charge is 0.393 e. The van der Waals surface area contributed by atoms with Crippen LogP contribution in [-0.4, -0.2) is 9.38 Å². The van der Waals surface area contributed by atoms with Crippen LogP contribution in [0, 0.1) is 20.8 Å². The summed E-state index contributed by atoms with van der Waals surface area (Å²) in [7, 11) is 0. The molecule has 2 N–H and O–H groups in total. The van der Waals surface area contributed by atoms with Crippen molar-refractivity contribution < 1.29 is 0 Å². The molecule has 0 bridgehead atoms. The molecule has 2 aromatic heterocycles. The molecule has 0 aromatic carbocycles. The molecule has 0 fully saturated rings. The van der Waals surface area contributed by atoms with Crippen LogP contribution in [0.1, 0.15) is 16.3 Å². The topological polar surface area (TPSA) is 60.4 Å². The Morgan fingerprint density at radius 3 is 2.64 bits per heavy atom. The van der Waals surface area contributed by atoms with Gasteiger partial charge < -0.3 is 5.73 Å². The Hall–Kier alpha value is -1.36. The van der Waals surface area contributed by atoms with Gasteiger partial charge in [0, 0.05) is 10.6 Å². The second-order valence-corrected chi connectivity index (χ2v) is 4.46. The maximum atomic E-state index is 11.8. The van der Waals surface area contributed by atoms with E-state index in [-0.39, 0.29) is 11.2 Å². The molecular weight excluding hydrogens is 198 g/mol. The highest BCUT2D eigenvalue weighted by Gasteiger charge is 2.11. The van der Waals surface area contributed by atoms with E-state index >= 15 is 0 Å². The van der Waals surface area contributed by atoms with Gasteiger partial charge in [-0.2, -0.15) is 0 Å². The lowest BCUT2D eigenvalue weighted by Crippen LogP contribution is -2.20. The van der Waals surface area contributed by atoms with E-state index in [2.05, 4.69) is 4.98 Å². The summed E-state index contributed by atoms with van der Waals surface area (Å²) >= 11 is 1.51. The monoisotopic (exact) mass is 209 g/mol. The normalized spacial score (nSPS) is 11.1. The molecule has 14 heavy (non-hydrogen) atoms. The quantitative estimate of drug-likeness (QED) is 0.710. The Balaban J connectivity index is 3.07. The second-order valence-electron chi connectivity index (χ2n) is 3.28. The standard InChI is InChI=1S/C9H11N3OS/c1-4-7(10)8(13)12-5(2)6(3)14-9(12)11-4/h10H2,1-3H3. The van der Waals surface area contributed by atoms with Crippen molar-refractivity contribution >= 4 is 22.0 Å². The van der Waals surface area contributed by atoms with E-state index in [4.69, 9.17) is 5.73 Å². The molecule has 0 unspecified atom stereocenters. The summed E-state index contributed by atoms with van der Waals surface area (Å²) in [5.74, 6) is 0. The number of nitrogens with two attached hydrogens (primary N) is 1. The number of fused-ring (bicyclic) bond motifs is 1. The van der Waals surface area contributed by atoms with Gasteiger partial charge in [-0.1, -0.05) is 0 Å². The minimum Gasteiger partial charge on any atom is -0.393 e. The first-order chi connectivity index (χ1) is 6.52. The summed E-state index contributed by atoms with van der Waals surface area (Å²) in [6.07, 6.45) is 0. The van der Waals surface area contributed by atoms with Crippen molar-refractivity contribution in [3.05, 3.63) is 26.6 Å².